The molecule has 0 heterocycles. The van der Waals surface area contributed by atoms with Crippen molar-refractivity contribution in [3.8, 4) is 0 Å². The van der Waals surface area contributed by atoms with Crippen LogP contribution in [0.15, 0.2) is 0 Å². The lowest BCUT2D eigenvalue weighted by Gasteiger charge is -2.40. The van der Waals surface area contributed by atoms with Crippen molar-refractivity contribution in [2.75, 3.05) is 32.8 Å². The molecule has 0 radical (unpaired) electrons. The van der Waals surface area contributed by atoms with Gasteiger partial charge in [0.15, 0.2) is 0 Å². The summed E-state index contributed by atoms with van der Waals surface area (Å²) < 4.78 is 1.45. The molecule has 0 aliphatic heterocycles. The third kappa shape index (κ3) is 27.9. The Morgan fingerprint density at radius 3 is 0.763 bits per heavy atom. The van der Waals surface area contributed by atoms with E-state index >= 15 is 0 Å². The number of nitrogens with zero attached hydrogens (tertiary/aromatic N) is 1. The van der Waals surface area contributed by atoms with E-state index in [2.05, 4.69) is 20.8 Å². The van der Waals surface area contributed by atoms with Crippen LogP contribution in [0.3, 0.4) is 0 Å². The molecule has 0 saturated heterocycles. The third-order valence-corrected chi connectivity index (χ3v) is 8.75. The summed E-state index contributed by atoms with van der Waals surface area (Å²) in [6.07, 6.45) is 37.9. The molecule has 0 atom stereocenters. The van der Waals surface area contributed by atoms with Gasteiger partial charge in [0.25, 0.3) is 0 Å². The molecule has 3 heteroatoms. The van der Waals surface area contributed by atoms with E-state index in [1.165, 1.54) is 198 Å². The van der Waals surface area contributed by atoms with Gasteiger partial charge in [-0.1, -0.05) is 136 Å². The number of halogens is 1. The largest absolute Gasteiger partial charge is 1.00 e. The quantitative estimate of drug-likeness (QED) is 0.0604. The van der Waals surface area contributed by atoms with Gasteiger partial charge in [0.2, 0.25) is 0 Å². The van der Waals surface area contributed by atoms with E-state index in [1.807, 2.05) is 0 Å². The summed E-state index contributed by atoms with van der Waals surface area (Å²) in [4.78, 5) is 0. The summed E-state index contributed by atoms with van der Waals surface area (Å²) in [5.41, 5.74) is 0. The molecule has 1 N–H and O–H groups in total. The number of quaternary nitrogens is 1. The molecule has 232 valence electrons. The topological polar surface area (TPSA) is 20.2 Å². The summed E-state index contributed by atoms with van der Waals surface area (Å²) in [7, 11) is 0. The Bertz CT molecular complexity index is 376. The molecule has 0 amide bonds. The molecule has 38 heavy (non-hydrogen) atoms. The van der Waals surface area contributed by atoms with Crippen molar-refractivity contribution in [1.29, 1.82) is 0 Å². The Balaban J connectivity index is 0. The van der Waals surface area contributed by atoms with Gasteiger partial charge in [0.05, 0.1) is 26.2 Å². The molecule has 0 aliphatic rings. The predicted molar refractivity (Wildman–Crippen MR) is 168 cm³/mol. The van der Waals surface area contributed by atoms with Crippen LogP contribution < -0.4 is 17.0 Å². The molecule has 0 aliphatic carbocycles. The molecule has 0 bridgehead atoms. The van der Waals surface area contributed by atoms with E-state index in [0.717, 1.165) is 6.42 Å². The van der Waals surface area contributed by atoms with Crippen molar-refractivity contribution in [3.05, 3.63) is 0 Å². The maximum absolute atomic E-state index is 8.94. The first kappa shape index (κ1) is 40.5. The first-order valence-electron chi connectivity index (χ1n) is 17.7. The van der Waals surface area contributed by atoms with Crippen LogP contribution in [0.25, 0.3) is 0 Å². The fourth-order valence-electron chi connectivity index (χ4n) is 6.15. The van der Waals surface area contributed by atoms with Gasteiger partial charge in [-0.15, -0.1) is 0 Å². The number of rotatable bonds is 32. The maximum atomic E-state index is 8.94. The molecule has 2 nitrogen and oxygen atoms in total. The van der Waals surface area contributed by atoms with Crippen LogP contribution in [0, 0.1) is 0 Å². The van der Waals surface area contributed by atoms with Crippen molar-refractivity contribution in [2.24, 2.45) is 0 Å². The van der Waals surface area contributed by atoms with Crippen molar-refractivity contribution >= 4 is 0 Å². The zero-order valence-electron chi connectivity index (χ0n) is 26.9. The van der Waals surface area contributed by atoms with E-state index in [1.54, 1.807) is 0 Å². The first-order valence-corrected chi connectivity index (χ1v) is 17.7. The zero-order valence-corrected chi connectivity index (χ0v) is 28.5. The molecule has 0 rings (SSSR count). The monoisotopic (exact) mass is 603 g/mol. The molecule has 0 fully saturated rings. The van der Waals surface area contributed by atoms with Gasteiger partial charge in [0, 0.05) is 6.61 Å². The second kappa shape index (κ2) is 33.6. The summed E-state index contributed by atoms with van der Waals surface area (Å²) >= 11 is 0. The third-order valence-electron chi connectivity index (χ3n) is 8.75. The van der Waals surface area contributed by atoms with Crippen LogP contribution >= 0.6 is 0 Å². The lowest BCUT2D eigenvalue weighted by molar-refractivity contribution is -0.929. The summed E-state index contributed by atoms with van der Waals surface area (Å²) in [5.74, 6) is 0. The highest BCUT2D eigenvalue weighted by Crippen LogP contribution is 2.21. The Morgan fingerprint density at radius 2 is 0.526 bits per heavy atom. The SMILES string of the molecule is CCCCCCCC[N+](CCCCCCCC)(CCCCCCCC)CCCCCCCCCCCO.[Br-]. The average molecular weight is 605 g/mol. The number of hydrogen-bond acceptors (Lipinski definition) is 1. The second-order valence-corrected chi connectivity index (χ2v) is 12.4. The van der Waals surface area contributed by atoms with Crippen molar-refractivity contribution in [1.82, 2.24) is 0 Å². The van der Waals surface area contributed by atoms with Gasteiger partial charge in [-0.05, 0) is 57.8 Å². The van der Waals surface area contributed by atoms with Crippen molar-refractivity contribution in [2.45, 2.75) is 194 Å². The first-order chi connectivity index (χ1) is 18.2. The summed E-state index contributed by atoms with van der Waals surface area (Å²) in [6.45, 7) is 13.2. The summed E-state index contributed by atoms with van der Waals surface area (Å²) in [6, 6.07) is 0. The molecule has 0 saturated carbocycles. The van der Waals surface area contributed by atoms with Gasteiger partial charge in [-0.25, -0.2) is 0 Å². The molecule has 0 unspecified atom stereocenters. The Labute approximate surface area is 252 Å². The van der Waals surface area contributed by atoms with Crippen molar-refractivity contribution in [3.63, 3.8) is 0 Å². The van der Waals surface area contributed by atoms with Crippen LogP contribution in [-0.2, 0) is 0 Å². The summed E-state index contributed by atoms with van der Waals surface area (Å²) in [5, 5.41) is 8.94. The average Bonchev–Trinajstić information content (AvgIpc) is 2.91. The zero-order chi connectivity index (χ0) is 27.1. The van der Waals surface area contributed by atoms with Gasteiger partial charge in [0.1, 0.15) is 0 Å². The minimum atomic E-state index is 0. The van der Waals surface area contributed by atoms with Gasteiger partial charge in [-0.3, -0.25) is 0 Å². The molecule has 0 aromatic carbocycles. The molecular formula is C35H74BrNO. The number of aliphatic hydroxyl groups is 1. The predicted octanol–water partition coefficient (Wildman–Crippen LogP) is 8.39. The lowest BCUT2D eigenvalue weighted by atomic mass is 10.0. The molecule has 0 aromatic heterocycles. The number of unbranched alkanes of at least 4 members (excludes halogenated alkanes) is 23. The van der Waals surface area contributed by atoms with E-state index in [9.17, 15) is 0 Å². The minimum Gasteiger partial charge on any atom is -1.00 e. The Kier molecular flexibility index (Phi) is 35.9. The van der Waals surface area contributed by atoms with Gasteiger partial charge < -0.3 is 26.6 Å². The van der Waals surface area contributed by atoms with E-state index in [-0.39, 0.29) is 17.0 Å². The van der Waals surface area contributed by atoms with E-state index < -0.39 is 0 Å². The Morgan fingerprint density at radius 1 is 0.316 bits per heavy atom. The number of hydrogen-bond donors (Lipinski definition) is 1. The standard InChI is InChI=1S/C35H74NO.BrH/c1-4-7-10-13-21-26-31-36(32-27-22-14-11-8-5-2,33-28-23-15-12-9-6-3)34-29-24-19-17-16-18-20-25-30-35-37;/h37H,4-35H2,1-3H3;1H/q+1;/p-1. The van der Waals surface area contributed by atoms with Crippen molar-refractivity contribution < 1.29 is 26.6 Å². The fourth-order valence-corrected chi connectivity index (χ4v) is 6.15. The second-order valence-electron chi connectivity index (χ2n) is 12.4. The van der Waals surface area contributed by atoms with Crippen LogP contribution in [0.2, 0.25) is 0 Å². The van der Waals surface area contributed by atoms with Gasteiger partial charge in [-0.2, -0.15) is 0 Å². The van der Waals surface area contributed by atoms with Crippen LogP contribution in [0.5, 0.6) is 0 Å². The fraction of sp³-hybridized carbons (Fsp3) is 1.00. The van der Waals surface area contributed by atoms with Crippen LogP contribution in [0.1, 0.15) is 194 Å². The smallest absolute Gasteiger partial charge is 0.0786 e. The maximum Gasteiger partial charge on any atom is 0.0786 e. The highest BCUT2D eigenvalue weighted by atomic mass is 79.9. The van der Waals surface area contributed by atoms with E-state index in [0.29, 0.717) is 6.61 Å². The van der Waals surface area contributed by atoms with Gasteiger partial charge >= 0.3 is 0 Å². The minimum absolute atomic E-state index is 0. The van der Waals surface area contributed by atoms with Crippen LogP contribution in [0.4, 0.5) is 0 Å². The van der Waals surface area contributed by atoms with E-state index in [4.69, 9.17) is 5.11 Å². The molecule has 0 spiro atoms. The van der Waals surface area contributed by atoms with Crippen LogP contribution in [-0.4, -0.2) is 42.4 Å². The molecular weight excluding hydrogens is 530 g/mol. The lowest BCUT2D eigenvalue weighted by Crippen LogP contribution is -3.00. The normalized spacial score (nSPS) is 11.7. The number of aliphatic hydroxyl groups excluding tert-OH is 1. The molecule has 0 aromatic rings. The Hall–Kier alpha value is 0.400. The highest BCUT2D eigenvalue weighted by Gasteiger charge is 2.25. The highest BCUT2D eigenvalue weighted by molar-refractivity contribution is 4.55.